The standard InChI is InChI=1S/C17H12NO2P/c19-16-11-5-4-9-14(16)15-10-6-12-17(18-15)21(20)13-7-2-1-3-8-13/h1-12H/p+1. The van der Waals surface area contributed by atoms with Gasteiger partial charge in [0.15, 0.2) is 5.30 Å². The van der Waals surface area contributed by atoms with Crippen molar-refractivity contribution in [2.24, 2.45) is 0 Å². The van der Waals surface area contributed by atoms with Gasteiger partial charge in [0.2, 0.25) is 0 Å². The summed E-state index contributed by atoms with van der Waals surface area (Å²) >= 11 is 0. The van der Waals surface area contributed by atoms with E-state index in [-0.39, 0.29) is 5.75 Å². The van der Waals surface area contributed by atoms with E-state index in [2.05, 4.69) is 4.98 Å². The molecule has 3 aromatic rings. The number of hydrogen-bond donors (Lipinski definition) is 1. The second-order valence-electron chi connectivity index (χ2n) is 4.53. The molecule has 0 saturated heterocycles. The van der Waals surface area contributed by atoms with E-state index in [0.29, 0.717) is 16.7 Å². The van der Waals surface area contributed by atoms with Gasteiger partial charge in [0.1, 0.15) is 5.75 Å². The van der Waals surface area contributed by atoms with Gasteiger partial charge < -0.3 is 5.11 Å². The van der Waals surface area contributed by atoms with E-state index in [1.807, 2.05) is 36.4 Å². The highest BCUT2D eigenvalue weighted by Crippen LogP contribution is 2.27. The second-order valence-corrected chi connectivity index (χ2v) is 6.09. The van der Waals surface area contributed by atoms with Crippen molar-refractivity contribution in [1.29, 1.82) is 0 Å². The zero-order valence-electron chi connectivity index (χ0n) is 11.2. The zero-order valence-corrected chi connectivity index (χ0v) is 12.1. The van der Waals surface area contributed by atoms with E-state index in [9.17, 15) is 9.67 Å². The molecule has 0 fully saturated rings. The number of pyridine rings is 1. The highest BCUT2D eigenvalue weighted by Gasteiger charge is 2.25. The van der Waals surface area contributed by atoms with Gasteiger partial charge in [0.25, 0.3) is 5.44 Å². The van der Waals surface area contributed by atoms with Crippen molar-refractivity contribution in [3.63, 3.8) is 0 Å². The van der Waals surface area contributed by atoms with E-state index in [4.69, 9.17) is 0 Å². The Hall–Kier alpha value is -2.51. The molecule has 3 nitrogen and oxygen atoms in total. The van der Waals surface area contributed by atoms with Gasteiger partial charge in [0, 0.05) is 11.6 Å². The molecule has 102 valence electrons. The number of hydrogen-bond acceptors (Lipinski definition) is 3. The van der Waals surface area contributed by atoms with Gasteiger partial charge >= 0.3 is 7.80 Å². The van der Waals surface area contributed by atoms with Crippen LogP contribution in [0.3, 0.4) is 0 Å². The summed E-state index contributed by atoms with van der Waals surface area (Å²) in [4.78, 5) is 4.44. The summed E-state index contributed by atoms with van der Waals surface area (Å²) < 4.78 is 12.5. The van der Waals surface area contributed by atoms with Gasteiger partial charge in [-0.1, -0.05) is 41.0 Å². The Morgan fingerprint density at radius 1 is 0.810 bits per heavy atom. The largest absolute Gasteiger partial charge is 0.507 e. The molecule has 0 saturated carbocycles. The molecule has 0 aliphatic rings. The summed E-state index contributed by atoms with van der Waals surface area (Å²) in [6.45, 7) is 0. The van der Waals surface area contributed by atoms with Crippen LogP contribution in [0.15, 0.2) is 72.8 Å². The number of phenolic OH excluding ortho intramolecular Hbond substituents is 1. The number of benzene rings is 2. The van der Waals surface area contributed by atoms with Crippen LogP contribution in [-0.2, 0) is 4.57 Å². The average Bonchev–Trinajstić information content (AvgIpc) is 2.55. The van der Waals surface area contributed by atoms with E-state index < -0.39 is 7.80 Å². The van der Waals surface area contributed by atoms with Crippen LogP contribution in [0.5, 0.6) is 5.75 Å². The monoisotopic (exact) mass is 294 g/mol. The Morgan fingerprint density at radius 3 is 2.29 bits per heavy atom. The molecule has 1 aromatic heterocycles. The maximum atomic E-state index is 12.5. The minimum atomic E-state index is -1.73. The Morgan fingerprint density at radius 2 is 1.52 bits per heavy atom. The number of aromatic hydroxyl groups is 1. The molecule has 0 amide bonds. The van der Waals surface area contributed by atoms with Crippen LogP contribution in [0.25, 0.3) is 11.3 Å². The topological polar surface area (TPSA) is 50.2 Å². The molecule has 0 spiro atoms. The maximum Gasteiger partial charge on any atom is 0.435 e. The molecular formula is C17H13NO2P+. The summed E-state index contributed by atoms with van der Waals surface area (Å²) in [6, 6.07) is 21.6. The predicted octanol–water partition coefficient (Wildman–Crippen LogP) is 3.23. The molecule has 21 heavy (non-hydrogen) atoms. The quantitative estimate of drug-likeness (QED) is 0.754. The van der Waals surface area contributed by atoms with Crippen molar-refractivity contribution in [1.82, 2.24) is 4.98 Å². The number of nitrogens with zero attached hydrogens (tertiary/aromatic N) is 1. The van der Waals surface area contributed by atoms with Crippen molar-refractivity contribution in [2.75, 3.05) is 0 Å². The highest BCUT2D eigenvalue weighted by atomic mass is 31.1. The maximum absolute atomic E-state index is 12.5. The number of phenols is 1. The zero-order chi connectivity index (χ0) is 14.7. The lowest BCUT2D eigenvalue weighted by molar-refractivity contribution is 0.477. The summed E-state index contributed by atoms with van der Waals surface area (Å²) in [5.41, 5.74) is 1.76. The van der Waals surface area contributed by atoms with E-state index in [1.54, 1.807) is 36.4 Å². The molecule has 1 atom stereocenters. The Balaban J connectivity index is 2.02. The van der Waals surface area contributed by atoms with Crippen LogP contribution in [0.4, 0.5) is 0 Å². The van der Waals surface area contributed by atoms with Crippen molar-refractivity contribution in [3.8, 4) is 17.0 Å². The fourth-order valence-corrected chi connectivity index (χ4v) is 3.20. The summed E-state index contributed by atoms with van der Waals surface area (Å²) in [5.74, 6) is 0.164. The van der Waals surface area contributed by atoms with Crippen LogP contribution in [0, 0.1) is 0 Å². The van der Waals surface area contributed by atoms with Gasteiger partial charge in [-0.15, -0.1) is 0 Å². The smallest absolute Gasteiger partial charge is 0.435 e. The minimum absolute atomic E-state index is 0.164. The fraction of sp³-hybridized carbons (Fsp3) is 0. The molecule has 0 aliphatic carbocycles. The summed E-state index contributed by atoms with van der Waals surface area (Å²) in [6.07, 6.45) is 0. The molecule has 1 unspecified atom stereocenters. The number of rotatable bonds is 3. The van der Waals surface area contributed by atoms with Gasteiger partial charge in [-0.05, 0) is 30.3 Å². The van der Waals surface area contributed by atoms with Crippen LogP contribution >= 0.6 is 7.80 Å². The Bertz CT molecular complexity index is 788. The SMILES string of the molecule is O=[P+](c1ccccc1)c1cccc(-c2ccccc2O)n1. The molecule has 0 bridgehead atoms. The lowest BCUT2D eigenvalue weighted by Gasteiger charge is -2.02. The fourth-order valence-electron chi connectivity index (χ4n) is 2.07. The molecule has 0 aliphatic heterocycles. The third-order valence-corrected chi connectivity index (χ3v) is 4.55. The number of para-hydroxylation sites is 1. The van der Waals surface area contributed by atoms with E-state index >= 15 is 0 Å². The van der Waals surface area contributed by atoms with Gasteiger partial charge in [-0.3, -0.25) is 0 Å². The van der Waals surface area contributed by atoms with Gasteiger partial charge in [0.05, 0.1) is 5.69 Å². The summed E-state index contributed by atoms with van der Waals surface area (Å²) in [7, 11) is -1.73. The Labute approximate surface area is 123 Å². The van der Waals surface area contributed by atoms with Gasteiger partial charge in [-0.25, -0.2) is 4.98 Å². The minimum Gasteiger partial charge on any atom is -0.507 e. The van der Waals surface area contributed by atoms with Crippen molar-refractivity contribution >= 4 is 18.5 Å². The van der Waals surface area contributed by atoms with Crippen LogP contribution < -0.4 is 10.7 Å². The molecule has 2 aromatic carbocycles. The molecular weight excluding hydrogens is 281 g/mol. The first kappa shape index (κ1) is 13.5. The van der Waals surface area contributed by atoms with E-state index in [0.717, 1.165) is 5.30 Å². The third-order valence-electron chi connectivity index (χ3n) is 3.11. The first-order valence-electron chi connectivity index (χ1n) is 6.53. The molecule has 3 rings (SSSR count). The molecule has 0 radical (unpaired) electrons. The van der Waals surface area contributed by atoms with Crippen molar-refractivity contribution < 1.29 is 9.67 Å². The highest BCUT2D eigenvalue weighted by molar-refractivity contribution is 7.61. The summed E-state index contributed by atoms with van der Waals surface area (Å²) in [5, 5.41) is 10.6. The third kappa shape index (κ3) is 2.83. The molecule has 4 heteroatoms. The van der Waals surface area contributed by atoms with E-state index in [1.165, 1.54) is 0 Å². The van der Waals surface area contributed by atoms with Gasteiger partial charge in [-0.2, -0.15) is 0 Å². The first-order chi connectivity index (χ1) is 10.3. The Kier molecular flexibility index (Phi) is 3.76. The van der Waals surface area contributed by atoms with Crippen molar-refractivity contribution in [2.45, 2.75) is 0 Å². The number of aromatic nitrogens is 1. The molecule has 1 N–H and O–H groups in total. The molecule has 1 heterocycles. The van der Waals surface area contributed by atoms with Crippen LogP contribution in [-0.4, -0.2) is 10.1 Å². The lowest BCUT2D eigenvalue weighted by Crippen LogP contribution is -2.10. The first-order valence-corrected chi connectivity index (χ1v) is 7.79. The lowest BCUT2D eigenvalue weighted by atomic mass is 10.1. The van der Waals surface area contributed by atoms with Crippen LogP contribution in [0.2, 0.25) is 0 Å². The normalized spacial score (nSPS) is 11.1. The predicted molar refractivity (Wildman–Crippen MR) is 84.7 cm³/mol. The van der Waals surface area contributed by atoms with Crippen molar-refractivity contribution in [3.05, 3.63) is 72.8 Å². The van der Waals surface area contributed by atoms with Crippen LogP contribution in [0.1, 0.15) is 0 Å². The second kappa shape index (κ2) is 5.86. The average molecular weight is 294 g/mol.